The number of pyridine rings is 1. The summed E-state index contributed by atoms with van der Waals surface area (Å²) in [6.45, 7) is 2.10. The molecule has 0 bridgehead atoms. The van der Waals surface area contributed by atoms with E-state index >= 15 is 0 Å². The molecule has 1 aliphatic carbocycles. The zero-order chi connectivity index (χ0) is 32.3. The van der Waals surface area contributed by atoms with Gasteiger partial charge in [0.25, 0.3) is 0 Å². The van der Waals surface area contributed by atoms with E-state index in [1.165, 1.54) is 16.5 Å². The lowest BCUT2D eigenvalue weighted by Gasteiger charge is -2.27. The fraction of sp³-hybridized carbons (Fsp3) is 0.0909. The number of hydrogen-bond acceptors (Lipinski definition) is 4. The van der Waals surface area contributed by atoms with Crippen LogP contribution in [0.3, 0.4) is 0 Å². The molecular formula is C44H35N3O. The van der Waals surface area contributed by atoms with Crippen LogP contribution in [0, 0.1) is 11.8 Å². The first-order valence-corrected chi connectivity index (χ1v) is 16.5. The van der Waals surface area contributed by atoms with Crippen molar-refractivity contribution in [3.8, 4) is 22.5 Å². The van der Waals surface area contributed by atoms with Crippen molar-refractivity contribution in [3.63, 3.8) is 0 Å². The molecule has 2 atom stereocenters. The highest BCUT2D eigenvalue weighted by atomic mass is 16.3. The Kier molecular flexibility index (Phi) is 7.97. The fourth-order valence-electron chi connectivity index (χ4n) is 6.58. The van der Waals surface area contributed by atoms with Crippen molar-refractivity contribution in [1.29, 1.82) is 0 Å². The van der Waals surface area contributed by atoms with Gasteiger partial charge in [-0.15, -0.1) is 0 Å². The Morgan fingerprint density at radius 1 is 0.771 bits per heavy atom. The standard InChI is InChI=1S/C44H35N3O/c1-2-40(8-5-6-31-10-11-33-22-24-45-29-38(33)26-31)47(42-20-16-35(17-21-42)44-28-37-7-3-4-9-43(37)48-44)41-18-14-32(15-19-41)36-13-12-34-23-25-46-30-39(34)27-36/h2-5,7-30,33,38H,6H2,1H3/b8-5-,40-2+/t33-,38?/m1/s1. The zero-order valence-corrected chi connectivity index (χ0v) is 26.8. The Morgan fingerprint density at radius 2 is 1.56 bits per heavy atom. The maximum absolute atomic E-state index is 6.17. The quantitative estimate of drug-likeness (QED) is 0.159. The van der Waals surface area contributed by atoms with Gasteiger partial charge >= 0.3 is 0 Å². The molecule has 0 radical (unpaired) electrons. The molecule has 0 spiro atoms. The molecule has 0 amide bonds. The van der Waals surface area contributed by atoms with Gasteiger partial charge in [0.05, 0.1) is 0 Å². The predicted molar refractivity (Wildman–Crippen MR) is 200 cm³/mol. The molecule has 0 saturated heterocycles. The van der Waals surface area contributed by atoms with Crippen LogP contribution in [-0.2, 0) is 0 Å². The molecule has 6 aromatic rings. The third kappa shape index (κ3) is 5.96. The second kappa shape index (κ2) is 13.0. The molecule has 4 nitrogen and oxygen atoms in total. The summed E-state index contributed by atoms with van der Waals surface area (Å²) in [7, 11) is 0. The monoisotopic (exact) mass is 621 g/mol. The van der Waals surface area contributed by atoms with Gasteiger partial charge in [-0.3, -0.25) is 9.98 Å². The SMILES string of the molecule is C/C=C(\C=C/CC1=CC2C=NC=C[C@H]2C=C1)N(c1ccc(-c2ccc3ccncc3c2)cc1)c1ccc(-c2cc3ccccc3o2)cc1. The highest BCUT2D eigenvalue weighted by Gasteiger charge is 2.19. The number of allylic oxidation sites excluding steroid dienone is 8. The minimum Gasteiger partial charge on any atom is -0.456 e. The fourth-order valence-corrected chi connectivity index (χ4v) is 6.58. The summed E-state index contributed by atoms with van der Waals surface area (Å²) in [5, 5.41) is 3.43. The molecular weight excluding hydrogens is 587 g/mol. The Hall–Kier alpha value is -6.00. The van der Waals surface area contributed by atoms with Crippen molar-refractivity contribution in [2.75, 3.05) is 4.90 Å². The lowest BCUT2D eigenvalue weighted by molar-refractivity contribution is 0.631. The number of fused-ring (bicyclic) bond motifs is 3. The Labute approximate surface area is 281 Å². The van der Waals surface area contributed by atoms with E-state index in [4.69, 9.17) is 4.42 Å². The molecule has 1 aliphatic heterocycles. The van der Waals surface area contributed by atoms with E-state index in [-0.39, 0.29) is 0 Å². The Morgan fingerprint density at radius 3 is 2.38 bits per heavy atom. The summed E-state index contributed by atoms with van der Waals surface area (Å²) in [5.41, 5.74) is 8.83. The smallest absolute Gasteiger partial charge is 0.135 e. The van der Waals surface area contributed by atoms with Gasteiger partial charge in [-0.1, -0.05) is 78.9 Å². The normalized spacial score (nSPS) is 17.3. The molecule has 2 aliphatic rings. The van der Waals surface area contributed by atoms with Crippen molar-refractivity contribution in [2.24, 2.45) is 16.8 Å². The van der Waals surface area contributed by atoms with Crippen LogP contribution in [0.4, 0.5) is 11.4 Å². The third-order valence-corrected chi connectivity index (χ3v) is 9.17. The number of rotatable bonds is 8. The molecule has 8 rings (SSSR count). The first-order chi connectivity index (χ1) is 23.7. The zero-order valence-electron chi connectivity index (χ0n) is 26.8. The topological polar surface area (TPSA) is 41.6 Å². The minimum atomic E-state index is 0.337. The van der Waals surface area contributed by atoms with Gasteiger partial charge in [-0.2, -0.15) is 0 Å². The number of furan rings is 1. The highest BCUT2D eigenvalue weighted by Crippen LogP contribution is 2.36. The lowest BCUT2D eigenvalue weighted by Crippen LogP contribution is -2.15. The summed E-state index contributed by atoms with van der Waals surface area (Å²) >= 11 is 0. The van der Waals surface area contributed by atoms with Gasteiger partial charge in [0.2, 0.25) is 0 Å². The van der Waals surface area contributed by atoms with Crippen LogP contribution in [0.1, 0.15) is 13.3 Å². The number of benzene rings is 4. The van der Waals surface area contributed by atoms with E-state index < -0.39 is 0 Å². The minimum absolute atomic E-state index is 0.337. The van der Waals surface area contributed by atoms with Crippen LogP contribution in [0.2, 0.25) is 0 Å². The van der Waals surface area contributed by atoms with Crippen LogP contribution in [-0.4, -0.2) is 11.2 Å². The first kappa shape index (κ1) is 29.4. The van der Waals surface area contributed by atoms with E-state index in [0.29, 0.717) is 11.8 Å². The van der Waals surface area contributed by atoms with Crippen molar-refractivity contribution >= 4 is 39.3 Å². The molecule has 4 heteroatoms. The Balaban J connectivity index is 1.10. The molecule has 48 heavy (non-hydrogen) atoms. The molecule has 0 saturated carbocycles. The second-order valence-electron chi connectivity index (χ2n) is 12.2. The lowest BCUT2D eigenvalue weighted by atomic mass is 9.85. The van der Waals surface area contributed by atoms with Gasteiger partial charge in [0.15, 0.2) is 0 Å². The number of aromatic nitrogens is 1. The number of nitrogens with zero attached hydrogens (tertiary/aromatic N) is 3. The van der Waals surface area contributed by atoms with Crippen molar-refractivity contribution in [1.82, 2.24) is 4.98 Å². The van der Waals surface area contributed by atoms with Crippen LogP contribution in [0.15, 0.2) is 185 Å². The van der Waals surface area contributed by atoms with Gasteiger partial charge in [0.1, 0.15) is 11.3 Å². The summed E-state index contributed by atoms with van der Waals surface area (Å²) in [6, 6.07) is 36.3. The van der Waals surface area contributed by atoms with Crippen molar-refractivity contribution in [3.05, 3.63) is 176 Å². The van der Waals surface area contributed by atoms with Crippen molar-refractivity contribution < 1.29 is 4.42 Å². The maximum Gasteiger partial charge on any atom is 0.135 e. The van der Waals surface area contributed by atoms with E-state index in [2.05, 4.69) is 143 Å². The second-order valence-corrected chi connectivity index (χ2v) is 12.2. The van der Waals surface area contributed by atoms with Crippen LogP contribution < -0.4 is 4.90 Å². The number of hydrogen-bond donors (Lipinski definition) is 0. The van der Waals surface area contributed by atoms with Gasteiger partial charge in [-0.05, 0) is 102 Å². The van der Waals surface area contributed by atoms with Crippen LogP contribution in [0.25, 0.3) is 44.2 Å². The molecule has 0 N–H and O–H groups in total. The number of para-hydroxylation sites is 1. The average Bonchev–Trinajstić information content (AvgIpc) is 3.59. The molecule has 2 aromatic heterocycles. The number of aliphatic imine (C=N–C) groups is 1. The van der Waals surface area contributed by atoms with Crippen LogP contribution >= 0.6 is 0 Å². The summed E-state index contributed by atoms with van der Waals surface area (Å²) in [5.74, 6) is 1.61. The summed E-state index contributed by atoms with van der Waals surface area (Å²) < 4.78 is 6.17. The van der Waals surface area contributed by atoms with Gasteiger partial charge in [0, 0.05) is 70.1 Å². The molecule has 232 valence electrons. The summed E-state index contributed by atoms with van der Waals surface area (Å²) in [4.78, 5) is 11.0. The highest BCUT2D eigenvalue weighted by molar-refractivity contribution is 5.87. The summed E-state index contributed by atoms with van der Waals surface area (Å²) in [6.07, 6.45) is 24.3. The van der Waals surface area contributed by atoms with Crippen molar-refractivity contribution in [2.45, 2.75) is 13.3 Å². The first-order valence-electron chi connectivity index (χ1n) is 16.5. The van der Waals surface area contributed by atoms with E-state index in [1.54, 1.807) is 0 Å². The number of anilines is 2. The van der Waals surface area contributed by atoms with Gasteiger partial charge in [-0.25, -0.2) is 0 Å². The van der Waals surface area contributed by atoms with E-state index in [9.17, 15) is 0 Å². The average molecular weight is 622 g/mol. The van der Waals surface area contributed by atoms with E-state index in [1.807, 2.05) is 49.1 Å². The molecule has 3 heterocycles. The molecule has 4 aromatic carbocycles. The largest absolute Gasteiger partial charge is 0.456 e. The maximum atomic E-state index is 6.17. The molecule has 0 fully saturated rings. The Bertz CT molecular complexity index is 2250. The van der Waals surface area contributed by atoms with Crippen LogP contribution in [0.5, 0.6) is 0 Å². The van der Waals surface area contributed by atoms with E-state index in [0.717, 1.165) is 56.7 Å². The third-order valence-electron chi connectivity index (χ3n) is 9.17. The predicted octanol–water partition coefficient (Wildman–Crippen LogP) is 11.6. The molecule has 1 unspecified atom stereocenters. The van der Waals surface area contributed by atoms with Gasteiger partial charge < -0.3 is 9.32 Å².